The number of alkyl halides is 4. The van der Waals surface area contributed by atoms with E-state index in [0.717, 1.165) is 0 Å². The summed E-state index contributed by atoms with van der Waals surface area (Å²) in [5.41, 5.74) is -4.16. The second kappa shape index (κ2) is 4.84. The van der Waals surface area contributed by atoms with Crippen LogP contribution in [0, 0.1) is 0 Å². The van der Waals surface area contributed by atoms with Crippen molar-refractivity contribution in [3.05, 3.63) is 28.7 Å². The third kappa shape index (κ3) is 2.88. The van der Waals surface area contributed by atoms with Crippen LogP contribution in [0.15, 0.2) is 28.7 Å². The Morgan fingerprint density at radius 1 is 1.06 bits per heavy atom. The van der Waals surface area contributed by atoms with Gasteiger partial charge in [-0.2, -0.15) is 8.78 Å². The van der Waals surface area contributed by atoms with E-state index in [1.165, 1.54) is 37.8 Å². The molecule has 102 valence electrons. The summed E-state index contributed by atoms with van der Waals surface area (Å²) < 4.78 is 59.0. The van der Waals surface area contributed by atoms with Gasteiger partial charge in [-0.25, -0.2) is 8.78 Å². The number of halogens is 5. The minimum atomic E-state index is -4.53. The molecule has 0 N–H and O–H groups in total. The highest BCUT2D eigenvalue weighted by molar-refractivity contribution is 9.10. The van der Waals surface area contributed by atoms with E-state index in [0.29, 0.717) is 0 Å². The van der Waals surface area contributed by atoms with Crippen molar-refractivity contribution in [2.45, 2.75) is 31.3 Å². The van der Waals surface area contributed by atoms with Crippen molar-refractivity contribution in [3.8, 4) is 5.75 Å². The van der Waals surface area contributed by atoms with Crippen molar-refractivity contribution in [1.29, 1.82) is 0 Å². The van der Waals surface area contributed by atoms with Crippen molar-refractivity contribution in [1.82, 2.24) is 0 Å². The minimum Gasteiger partial charge on any atom is -0.427 e. The molecule has 0 fully saturated rings. The molecule has 0 atom stereocenters. The fourth-order valence-corrected chi connectivity index (χ4v) is 2.46. The van der Waals surface area contributed by atoms with Gasteiger partial charge in [-0.05, 0) is 28.1 Å². The molecule has 0 unspecified atom stereocenters. The molecule has 1 aromatic rings. The Kier molecular flexibility index (Phi) is 4.17. The normalized spacial score (nSPS) is 13.6. The standard InChI is InChI=1S/C11H13BrF4OSi/c1-18(2,3)11(15,16)10(13,14)17-9-7-5-4-6-8(9)12/h4-7H,1-3H3. The van der Waals surface area contributed by atoms with Gasteiger partial charge < -0.3 is 4.74 Å². The molecule has 18 heavy (non-hydrogen) atoms. The van der Waals surface area contributed by atoms with Crippen molar-refractivity contribution in [2.24, 2.45) is 0 Å². The SMILES string of the molecule is C[Si](C)(C)C(F)(F)C(F)(F)Oc1ccccc1Br. The van der Waals surface area contributed by atoms with Crippen molar-refractivity contribution < 1.29 is 22.3 Å². The largest absolute Gasteiger partial charge is 0.459 e. The molecule has 0 bridgehead atoms. The van der Waals surface area contributed by atoms with Crippen LogP contribution in [0.1, 0.15) is 0 Å². The molecule has 7 heteroatoms. The molecule has 0 aliphatic heterocycles. The van der Waals surface area contributed by atoms with Gasteiger partial charge in [-0.1, -0.05) is 31.8 Å². The molecule has 1 rings (SSSR count). The van der Waals surface area contributed by atoms with Crippen LogP contribution in [-0.2, 0) is 0 Å². The topological polar surface area (TPSA) is 9.23 Å². The van der Waals surface area contributed by atoms with Crippen LogP contribution >= 0.6 is 15.9 Å². The lowest BCUT2D eigenvalue weighted by molar-refractivity contribution is -0.278. The van der Waals surface area contributed by atoms with Crippen molar-refractivity contribution in [3.63, 3.8) is 0 Å². The van der Waals surface area contributed by atoms with Gasteiger partial charge in [0.05, 0.1) is 4.47 Å². The Morgan fingerprint density at radius 2 is 1.56 bits per heavy atom. The van der Waals surface area contributed by atoms with Crippen LogP contribution in [0.2, 0.25) is 19.6 Å². The van der Waals surface area contributed by atoms with Crippen LogP contribution < -0.4 is 4.74 Å². The van der Waals surface area contributed by atoms with E-state index in [1.807, 2.05) is 0 Å². The number of ether oxygens (including phenoxy) is 1. The number of benzene rings is 1. The zero-order chi connectivity index (χ0) is 14.2. The first-order valence-electron chi connectivity index (χ1n) is 5.18. The average Bonchev–Trinajstić information content (AvgIpc) is 2.19. The molecule has 0 saturated carbocycles. The first-order valence-corrected chi connectivity index (χ1v) is 9.47. The maximum absolute atomic E-state index is 13.7. The van der Waals surface area contributed by atoms with Gasteiger partial charge >= 0.3 is 11.7 Å². The second-order valence-corrected chi connectivity index (χ2v) is 10.9. The Balaban J connectivity index is 3.06. The van der Waals surface area contributed by atoms with E-state index in [1.54, 1.807) is 6.07 Å². The molecule has 0 spiro atoms. The maximum Gasteiger partial charge on any atom is 0.459 e. The summed E-state index contributed by atoms with van der Waals surface area (Å²) in [5, 5.41) is 0. The molecule has 0 saturated heterocycles. The van der Waals surface area contributed by atoms with E-state index in [9.17, 15) is 17.6 Å². The fraction of sp³-hybridized carbons (Fsp3) is 0.455. The van der Waals surface area contributed by atoms with Crippen molar-refractivity contribution in [2.75, 3.05) is 0 Å². The summed E-state index contributed by atoms with van der Waals surface area (Å²) in [6.45, 7) is 3.51. The van der Waals surface area contributed by atoms with Gasteiger partial charge in [-0.3, -0.25) is 0 Å². The zero-order valence-corrected chi connectivity index (χ0v) is 12.7. The number of para-hydroxylation sites is 1. The molecular formula is C11H13BrF4OSi. The van der Waals surface area contributed by atoms with E-state index < -0.39 is 19.7 Å². The highest BCUT2D eigenvalue weighted by Gasteiger charge is 2.66. The van der Waals surface area contributed by atoms with E-state index in [-0.39, 0.29) is 10.2 Å². The lowest BCUT2D eigenvalue weighted by Gasteiger charge is -2.34. The molecule has 0 radical (unpaired) electrons. The molecule has 0 aliphatic rings. The van der Waals surface area contributed by atoms with E-state index in [2.05, 4.69) is 20.7 Å². The quantitative estimate of drug-likeness (QED) is 0.555. The summed E-state index contributed by atoms with van der Waals surface area (Å²) in [7, 11) is -3.42. The number of hydrogen-bond acceptors (Lipinski definition) is 1. The summed E-state index contributed by atoms with van der Waals surface area (Å²) in [6.07, 6.45) is -4.53. The lowest BCUT2D eigenvalue weighted by Crippen LogP contribution is -2.59. The van der Waals surface area contributed by atoms with E-state index in [4.69, 9.17) is 0 Å². The van der Waals surface area contributed by atoms with Gasteiger partial charge in [-0.15, -0.1) is 0 Å². The first-order chi connectivity index (χ1) is 7.99. The Labute approximate surface area is 112 Å². The smallest absolute Gasteiger partial charge is 0.427 e. The van der Waals surface area contributed by atoms with Gasteiger partial charge in [0.1, 0.15) is 13.8 Å². The molecule has 1 nitrogen and oxygen atoms in total. The Bertz CT molecular complexity index is 431. The zero-order valence-electron chi connectivity index (χ0n) is 10.1. The second-order valence-electron chi connectivity index (χ2n) is 4.87. The van der Waals surface area contributed by atoms with E-state index >= 15 is 0 Å². The average molecular weight is 345 g/mol. The predicted molar refractivity (Wildman–Crippen MR) is 68.0 cm³/mol. The summed E-state index contributed by atoms with van der Waals surface area (Å²) in [6, 6.07) is 5.66. The summed E-state index contributed by atoms with van der Waals surface area (Å²) in [5.74, 6) is -0.305. The Morgan fingerprint density at radius 3 is 2.00 bits per heavy atom. The van der Waals surface area contributed by atoms with Crippen molar-refractivity contribution >= 4 is 24.0 Å². The maximum atomic E-state index is 13.7. The fourth-order valence-electron chi connectivity index (χ4n) is 1.17. The minimum absolute atomic E-state index is 0.205. The monoisotopic (exact) mass is 344 g/mol. The molecule has 0 aromatic heterocycles. The third-order valence-corrected chi connectivity index (χ3v) is 5.21. The number of rotatable bonds is 4. The van der Waals surface area contributed by atoms with Crippen LogP contribution in [0.25, 0.3) is 0 Å². The van der Waals surface area contributed by atoms with Gasteiger partial charge in [0.25, 0.3) is 0 Å². The summed E-state index contributed by atoms with van der Waals surface area (Å²) in [4.78, 5) is 0. The molecular weight excluding hydrogens is 332 g/mol. The van der Waals surface area contributed by atoms with Crippen LogP contribution in [0.4, 0.5) is 17.6 Å². The molecule has 0 amide bonds. The van der Waals surface area contributed by atoms with Crippen LogP contribution in [0.3, 0.4) is 0 Å². The Hall–Kier alpha value is -0.563. The lowest BCUT2D eigenvalue weighted by atomic mass is 10.3. The first kappa shape index (κ1) is 15.5. The van der Waals surface area contributed by atoms with Crippen LogP contribution in [0.5, 0.6) is 5.75 Å². The highest BCUT2D eigenvalue weighted by Crippen LogP contribution is 2.43. The molecule has 0 aliphatic carbocycles. The van der Waals surface area contributed by atoms with Gasteiger partial charge in [0.15, 0.2) is 0 Å². The third-order valence-electron chi connectivity index (χ3n) is 2.38. The number of hydrogen-bond donors (Lipinski definition) is 0. The summed E-state index contributed by atoms with van der Waals surface area (Å²) >= 11 is 2.97. The van der Waals surface area contributed by atoms with Gasteiger partial charge in [0.2, 0.25) is 0 Å². The molecule has 1 aromatic carbocycles. The highest BCUT2D eigenvalue weighted by atomic mass is 79.9. The van der Waals surface area contributed by atoms with Crippen LogP contribution in [-0.4, -0.2) is 19.7 Å². The van der Waals surface area contributed by atoms with Gasteiger partial charge in [0, 0.05) is 0 Å². The molecule has 0 heterocycles. The predicted octanol–water partition coefficient (Wildman–Crippen LogP) is 4.93.